The molecule has 1 aromatic heterocycles. The van der Waals surface area contributed by atoms with Gasteiger partial charge in [-0.1, -0.05) is 38.5 Å². The maximum absolute atomic E-state index is 4.22. The summed E-state index contributed by atoms with van der Waals surface area (Å²) in [5.41, 5.74) is 0. The molecule has 2 fully saturated rings. The summed E-state index contributed by atoms with van der Waals surface area (Å²) in [7, 11) is 0. The molecule has 2 aliphatic rings. The van der Waals surface area contributed by atoms with E-state index in [1.807, 2.05) is 12.5 Å². The fourth-order valence-electron chi connectivity index (χ4n) is 3.91. The summed E-state index contributed by atoms with van der Waals surface area (Å²) in [6.45, 7) is 1.12. The van der Waals surface area contributed by atoms with E-state index >= 15 is 0 Å². The molecule has 0 atom stereocenters. The zero-order valence-corrected chi connectivity index (χ0v) is 16.0. The Morgan fingerprint density at radius 1 is 0.870 bits per heavy atom. The van der Waals surface area contributed by atoms with Crippen molar-refractivity contribution in [2.75, 3.05) is 11.5 Å². The smallest absolute Gasteiger partial charge is 0.0946 e. The Bertz CT molecular complexity index is 387. The SMILES string of the molecule is c1cn(CC(SCC2CCCCC2)SCC2CCCCC2)cn1. The molecular formula is C19H32N2S2. The minimum Gasteiger partial charge on any atom is -0.336 e. The van der Waals surface area contributed by atoms with Gasteiger partial charge in [-0.2, -0.15) is 0 Å². The molecule has 1 aromatic rings. The number of hydrogen-bond acceptors (Lipinski definition) is 3. The first-order chi connectivity index (χ1) is 11.4. The molecule has 2 aliphatic carbocycles. The van der Waals surface area contributed by atoms with E-state index in [0.717, 1.165) is 18.4 Å². The Kier molecular flexibility index (Phi) is 7.73. The van der Waals surface area contributed by atoms with Crippen molar-refractivity contribution in [2.24, 2.45) is 11.8 Å². The average molecular weight is 353 g/mol. The predicted octanol–water partition coefficient (Wildman–Crippen LogP) is 5.84. The molecule has 130 valence electrons. The molecule has 0 aliphatic heterocycles. The van der Waals surface area contributed by atoms with Gasteiger partial charge in [-0.25, -0.2) is 4.98 Å². The summed E-state index contributed by atoms with van der Waals surface area (Å²) in [5, 5.41) is 0. The highest BCUT2D eigenvalue weighted by molar-refractivity contribution is 8.17. The van der Waals surface area contributed by atoms with Crippen molar-refractivity contribution in [2.45, 2.75) is 75.3 Å². The number of imidazole rings is 1. The van der Waals surface area contributed by atoms with Gasteiger partial charge in [0.15, 0.2) is 0 Å². The molecule has 0 saturated heterocycles. The summed E-state index contributed by atoms with van der Waals surface area (Å²) in [4.78, 5) is 4.22. The van der Waals surface area contributed by atoms with Gasteiger partial charge < -0.3 is 4.57 Å². The molecule has 0 N–H and O–H groups in total. The fourth-order valence-corrected chi connectivity index (χ4v) is 6.97. The molecule has 0 aromatic carbocycles. The van der Waals surface area contributed by atoms with Crippen LogP contribution in [0.3, 0.4) is 0 Å². The van der Waals surface area contributed by atoms with Crippen LogP contribution in [-0.2, 0) is 6.54 Å². The van der Waals surface area contributed by atoms with Crippen LogP contribution in [0.4, 0.5) is 0 Å². The van der Waals surface area contributed by atoms with Crippen molar-refractivity contribution in [3.8, 4) is 0 Å². The molecule has 1 heterocycles. The van der Waals surface area contributed by atoms with Gasteiger partial charge in [0.25, 0.3) is 0 Å². The Balaban J connectivity index is 1.45. The first-order valence-corrected chi connectivity index (χ1v) is 11.7. The highest BCUT2D eigenvalue weighted by atomic mass is 32.2. The molecular weight excluding hydrogens is 320 g/mol. The summed E-state index contributed by atoms with van der Waals surface area (Å²) in [5.74, 6) is 4.71. The van der Waals surface area contributed by atoms with Gasteiger partial charge in [-0.15, -0.1) is 23.5 Å². The van der Waals surface area contributed by atoms with Gasteiger partial charge in [-0.05, 0) is 49.0 Å². The lowest BCUT2D eigenvalue weighted by Gasteiger charge is -2.26. The number of rotatable bonds is 8. The highest BCUT2D eigenvalue weighted by Crippen LogP contribution is 2.35. The summed E-state index contributed by atoms with van der Waals surface area (Å²) in [6.07, 6.45) is 20.7. The number of nitrogens with zero attached hydrogens (tertiary/aromatic N) is 2. The second kappa shape index (κ2) is 10.0. The van der Waals surface area contributed by atoms with Crippen molar-refractivity contribution >= 4 is 23.5 Å². The largest absolute Gasteiger partial charge is 0.336 e. The van der Waals surface area contributed by atoms with Crippen molar-refractivity contribution in [1.29, 1.82) is 0 Å². The van der Waals surface area contributed by atoms with Gasteiger partial charge in [-0.3, -0.25) is 0 Å². The monoisotopic (exact) mass is 352 g/mol. The van der Waals surface area contributed by atoms with Crippen molar-refractivity contribution < 1.29 is 0 Å². The standard InChI is InChI=1S/C19H32N2S2/c1-3-7-17(8-4-1)14-22-19(13-21-12-11-20-16-21)23-15-18-9-5-2-6-10-18/h11-12,16-19H,1-10,13-15H2. The van der Waals surface area contributed by atoms with E-state index in [2.05, 4.69) is 39.3 Å². The average Bonchev–Trinajstić information content (AvgIpc) is 3.12. The molecule has 2 nitrogen and oxygen atoms in total. The molecule has 23 heavy (non-hydrogen) atoms. The van der Waals surface area contributed by atoms with Crippen LogP contribution in [0.25, 0.3) is 0 Å². The van der Waals surface area contributed by atoms with Crippen molar-refractivity contribution in [3.63, 3.8) is 0 Å². The van der Waals surface area contributed by atoms with Crippen molar-refractivity contribution in [1.82, 2.24) is 9.55 Å². The predicted molar refractivity (Wildman–Crippen MR) is 104 cm³/mol. The third-order valence-corrected chi connectivity index (χ3v) is 8.59. The van der Waals surface area contributed by atoms with E-state index < -0.39 is 0 Å². The Morgan fingerprint density at radius 2 is 1.43 bits per heavy atom. The van der Waals surface area contributed by atoms with Crippen molar-refractivity contribution in [3.05, 3.63) is 18.7 Å². The Labute approximate surface area is 150 Å². The second-order valence-corrected chi connectivity index (χ2v) is 10.1. The van der Waals surface area contributed by atoms with Crippen LogP contribution in [0.15, 0.2) is 18.7 Å². The third kappa shape index (κ3) is 6.38. The highest BCUT2D eigenvalue weighted by Gasteiger charge is 2.20. The summed E-state index contributed by atoms with van der Waals surface area (Å²) in [6, 6.07) is 0. The Morgan fingerprint density at radius 3 is 1.91 bits per heavy atom. The van der Waals surface area contributed by atoms with Crippen LogP contribution < -0.4 is 0 Å². The third-order valence-electron chi connectivity index (χ3n) is 5.40. The second-order valence-electron chi connectivity index (χ2n) is 7.36. The van der Waals surface area contributed by atoms with Crippen LogP contribution in [0.5, 0.6) is 0 Å². The minimum atomic E-state index is 0.702. The normalized spacial score (nSPS) is 21.1. The number of thioether (sulfide) groups is 2. The molecule has 0 bridgehead atoms. The molecule has 2 saturated carbocycles. The summed E-state index contributed by atoms with van der Waals surface area (Å²) >= 11 is 4.46. The van der Waals surface area contributed by atoms with Crippen LogP contribution >= 0.6 is 23.5 Å². The van der Waals surface area contributed by atoms with E-state index in [9.17, 15) is 0 Å². The van der Waals surface area contributed by atoms with Crippen LogP contribution in [-0.4, -0.2) is 25.6 Å². The van der Waals surface area contributed by atoms with Gasteiger partial charge in [0.05, 0.1) is 10.9 Å². The van der Waals surface area contributed by atoms with E-state index in [1.54, 1.807) is 0 Å². The van der Waals surface area contributed by atoms with Gasteiger partial charge in [0.1, 0.15) is 0 Å². The van der Waals surface area contributed by atoms with E-state index in [-0.39, 0.29) is 0 Å². The molecule has 0 unspecified atom stereocenters. The quantitative estimate of drug-likeness (QED) is 0.548. The minimum absolute atomic E-state index is 0.702. The Hall–Kier alpha value is -0.0900. The first-order valence-electron chi connectivity index (χ1n) is 9.59. The lowest BCUT2D eigenvalue weighted by molar-refractivity contribution is 0.390. The van der Waals surface area contributed by atoms with E-state index in [4.69, 9.17) is 0 Å². The van der Waals surface area contributed by atoms with Crippen LogP contribution in [0.1, 0.15) is 64.2 Å². The van der Waals surface area contributed by atoms with E-state index in [0.29, 0.717) is 4.58 Å². The number of aromatic nitrogens is 2. The van der Waals surface area contributed by atoms with E-state index in [1.165, 1.54) is 75.7 Å². The molecule has 0 spiro atoms. The lowest BCUT2D eigenvalue weighted by Crippen LogP contribution is -2.17. The molecule has 4 heteroatoms. The number of hydrogen-bond donors (Lipinski definition) is 0. The lowest BCUT2D eigenvalue weighted by atomic mass is 9.91. The van der Waals surface area contributed by atoms with Crippen LogP contribution in [0.2, 0.25) is 0 Å². The van der Waals surface area contributed by atoms with Gasteiger partial charge in [0.2, 0.25) is 0 Å². The van der Waals surface area contributed by atoms with Gasteiger partial charge >= 0.3 is 0 Å². The molecule has 0 amide bonds. The molecule has 3 rings (SSSR count). The van der Waals surface area contributed by atoms with Gasteiger partial charge in [0, 0.05) is 18.9 Å². The fraction of sp³-hybridized carbons (Fsp3) is 0.842. The maximum atomic E-state index is 4.22. The maximum Gasteiger partial charge on any atom is 0.0946 e. The first kappa shape index (κ1) is 17.7. The zero-order valence-electron chi connectivity index (χ0n) is 14.4. The molecule has 0 radical (unpaired) electrons. The van der Waals surface area contributed by atoms with Crippen LogP contribution in [0, 0.1) is 11.8 Å². The topological polar surface area (TPSA) is 17.8 Å². The summed E-state index contributed by atoms with van der Waals surface area (Å²) < 4.78 is 2.97. The zero-order chi connectivity index (χ0) is 15.7.